The zero-order chi connectivity index (χ0) is 20.1. The molecule has 3 rings (SSSR count). The Hall–Kier alpha value is -2.00. The molecule has 1 aromatic heterocycles. The van der Waals surface area contributed by atoms with E-state index in [1.165, 1.54) is 28.0 Å². The fourth-order valence-corrected chi connectivity index (χ4v) is 4.96. The van der Waals surface area contributed by atoms with Gasteiger partial charge in [-0.3, -0.25) is 14.5 Å². The van der Waals surface area contributed by atoms with Crippen LogP contribution in [0, 0.1) is 0 Å². The number of carbonyl (C=O) groups excluding carboxylic acids is 2. The third kappa shape index (κ3) is 4.88. The molecule has 0 bridgehead atoms. The van der Waals surface area contributed by atoms with Gasteiger partial charge in [-0.25, -0.2) is 0 Å². The van der Waals surface area contributed by atoms with E-state index in [1.807, 2.05) is 47.8 Å². The molecular weight excluding hydrogens is 412 g/mol. The number of thioether (sulfide) groups is 1. The van der Waals surface area contributed by atoms with E-state index in [2.05, 4.69) is 5.32 Å². The average Bonchev–Trinajstić information content (AvgIpc) is 3.29. The smallest absolute Gasteiger partial charge is 0.266 e. The minimum absolute atomic E-state index is 0.190. The number of aliphatic hydroxyl groups is 1. The zero-order valence-corrected chi connectivity index (χ0v) is 17.7. The summed E-state index contributed by atoms with van der Waals surface area (Å²) in [6.07, 6.45) is 2.30. The van der Waals surface area contributed by atoms with Crippen LogP contribution in [0.5, 0.6) is 0 Å². The van der Waals surface area contributed by atoms with Crippen molar-refractivity contribution in [3.8, 4) is 0 Å². The van der Waals surface area contributed by atoms with Gasteiger partial charge in [0, 0.05) is 4.88 Å². The van der Waals surface area contributed by atoms with Gasteiger partial charge in [0.1, 0.15) is 10.4 Å². The predicted molar refractivity (Wildman–Crippen MR) is 118 cm³/mol. The minimum Gasteiger partial charge on any atom is -0.394 e. The van der Waals surface area contributed by atoms with Gasteiger partial charge in [0.05, 0.1) is 17.6 Å². The largest absolute Gasteiger partial charge is 0.394 e. The van der Waals surface area contributed by atoms with Crippen LogP contribution in [-0.2, 0) is 16.0 Å². The molecule has 2 atom stereocenters. The highest BCUT2D eigenvalue weighted by Gasteiger charge is 2.38. The van der Waals surface area contributed by atoms with Crippen LogP contribution in [-0.4, -0.2) is 44.8 Å². The number of rotatable bonds is 7. The molecule has 0 saturated carbocycles. The van der Waals surface area contributed by atoms with E-state index in [9.17, 15) is 14.7 Å². The Kier molecular flexibility index (Phi) is 7.01. The number of hydrogen-bond donors (Lipinski definition) is 2. The third-order valence-electron chi connectivity index (χ3n) is 4.30. The first-order valence-corrected chi connectivity index (χ1v) is 10.9. The van der Waals surface area contributed by atoms with Gasteiger partial charge in [0.2, 0.25) is 5.91 Å². The molecule has 1 saturated heterocycles. The molecule has 0 unspecified atom stereocenters. The molecule has 146 valence electrons. The summed E-state index contributed by atoms with van der Waals surface area (Å²) in [5.74, 6) is -0.613. The second-order valence-corrected chi connectivity index (χ2v) is 8.98. The summed E-state index contributed by atoms with van der Waals surface area (Å²) in [7, 11) is 0. The minimum atomic E-state index is -0.758. The maximum absolute atomic E-state index is 12.8. The Morgan fingerprint density at radius 1 is 1.29 bits per heavy atom. The molecule has 2 aromatic rings. The fraction of sp³-hybridized carbons (Fsp3) is 0.250. The lowest BCUT2D eigenvalue weighted by molar-refractivity contribution is -0.132. The second kappa shape index (κ2) is 9.47. The molecule has 28 heavy (non-hydrogen) atoms. The van der Waals surface area contributed by atoms with Crippen molar-refractivity contribution in [2.24, 2.45) is 0 Å². The molecule has 1 aliphatic rings. The lowest BCUT2D eigenvalue weighted by Crippen LogP contribution is -2.51. The number of aliphatic hydroxyl groups excluding tert-OH is 1. The summed E-state index contributed by atoms with van der Waals surface area (Å²) in [5, 5.41) is 14.4. The molecule has 8 heteroatoms. The van der Waals surface area contributed by atoms with Crippen LogP contribution in [0.15, 0.2) is 52.7 Å². The van der Waals surface area contributed by atoms with Crippen LogP contribution in [0.3, 0.4) is 0 Å². The number of nitrogens with zero attached hydrogens (tertiary/aromatic N) is 1. The van der Waals surface area contributed by atoms with Crippen molar-refractivity contribution in [1.82, 2.24) is 10.2 Å². The molecule has 2 amide bonds. The van der Waals surface area contributed by atoms with Gasteiger partial charge in [-0.1, -0.05) is 60.4 Å². The number of carbonyl (C=O) groups is 2. The third-order valence-corrected chi connectivity index (χ3v) is 6.45. The summed E-state index contributed by atoms with van der Waals surface area (Å²) in [5.41, 5.74) is 1.01. The Morgan fingerprint density at radius 3 is 2.68 bits per heavy atom. The number of thiophene rings is 1. The van der Waals surface area contributed by atoms with E-state index in [4.69, 9.17) is 12.2 Å². The van der Waals surface area contributed by atoms with Gasteiger partial charge in [-0.15, -0.1) is 11.3 Å². The number of hydrogen-bond acceptors (Lipinski definition) is 6. The number of benzene rings is 1. The molecule has 5 nitrogen and oxygen atoms in total. The van der Waals surface area contributed by atoms with Crippen LogP contribution in [0.2, 0.25) is 0 Å². The SMILES string of the molecule is C[C@@H](C(=O)N[C@H](CO)Cc1ccccc1)N1C(=O)/C(=C/c2cccs2)SC1=S. The summed E-state index contributed by atoms with van der Waals surface area (Å²) in [4.78, 5) is 28.3. The summed E-state index contributed by atoms with van der Waals surface area (Å²) in [6, 6.07) is 12.3. The van der Waals surface area contributed by atoms with Crippen molar-refractivity contribution in [1.29, 1.82) is 0 Å². The molecule has 0 spiro atoms. The van der Waals surface area contributed by atoms with Gasteiger partial charge in [0.25, 0.3) is 5.91 Å². The first-order chi connectivity index (χ1) is 13.5. The molecule has 0 radical (unpaired) electrons. The number of nitrogens with one attached hydrogen (secondary N) is 1. The Morgan fingerprint density at radius 2 is 2.04 bits per heavy atom. The molecule has 1 fully saturated rings. The maximum atomic E-state index is 12.8. The lowest BCUT2D eigenvalue weighted by Gasteiger charge is -2.25. The van der Waals surface area contributed by atoms with E-state index in [-0.39, 0.29) is 18.4 Å². The summed E-state index contributed by atoms with van der Waals surface area (Å²) in [6.45, 7) is 1.45. The van der Waals surface area contributed by atoms with Gasteiger partial charge >= 0.3 is 0 Å². The van der Waals surface area contributed by atoms with Gasteiger partial charge in [-0.2, -0.15) is 0 Å². The van der Waals surface area contributed by atoms with Gasteiger partial charge in [0.15, 0.2) is 0 Å². The van der Waals surface area contributed by atoms with Crippen molar-refractivity contribution in [2.45, 2.75) is 25.4 Å². The van der Waals surface area contributed by atoms with Crippen molar-refractivity contribution in [3.05, 3.63) is 63.2 Å². The summed E-state index contributed by atoms with van der Waals surface area (Å²) < 4.78 is 0.360. The molecular formula is C20H20N2O3S3. The second-order valence-electron chi connectivity index (χ2n) is 6.32. The van der Waals surface area contributed by atoms with Crippen molar-refractivity contribution in [3.63, 3.8) is 0 Å². The highest BCUT2D eigenvalue weighted by atomic mass is 32.2. The van der Waals surface area contributed by atoms with E-state index in [0.29, 0.717) is 15.6 Å². The van der Waals surface area contributed by atoms with E-state index >= 15 is 0 Å². The Labute approximate surface area is 177 Å². The summed E-state index contributed by atoms with van der Waals surface area (Å²) >= 11 is 8.06. The Balaban J connectivity index is 1.66. The van der Waals surface area contributed by atoms with Crippen molar-refractivity contribution < 1.29 is 14.7 Å². The lowest BCUT2D eigenvalue weighted by atomic mass is 10.1. The molecule has 0 aliphatic carbocycles. The highest BCUT2D eigenvalue weighted by molar-refractivity contribution is 8.26. The van der Waals surface area contributed by atoms with Crippen LogP contribution in [0.1, 0.15) is 17.4 Å². The van der Waals surface area contributed by atoms with Crippen molar-refractivity contribution >= 4 is 57.5 Å². The average molecular weight is 433 g/mol. The zero-order valence-electron chi connectivity index (χ0n) is 15.2. The molecule has 2 N–H and O–H groups in total. The first kappa shape index (κ1) is 20.7. The van der Waals surface area contributed by atoms with Crippen molar-refractivity contribution in [2.75, 3.05) is 6.61 Å². The van der Waals surface area contributed by atoms with E-state index in [1.54, 1.807) is 13.0 Å². The van der Waals surface area contributed by atoms with Crippen LogP contribution in [0.25, 0.3) is 6.08 Å². The van der Waals surface area contributed by atoms with Crippen LogP contribution >= 0.6 is 35.3 Å². The van der Waals surface area contributed by atoms with Crippen LogP contribution < -0.4 is 5.32 Å². The number of amides is 2. The van der Waals surface area contributed by atoms with Crippen LogP contribution in [0.4, 0.5) is 0 Å². The molecule has 1 aliphatic heterocycles. The van der Waals surface area contributed by atoms with Gasteiger partial charge in [-0.05, 0) is 36.4 Å². The normalized spacial score (nSPS) is 17.8. The quantitative estimate of drug-likeness (QED) is 0.520. The Bertz CT molecular complexity index is 881. The number of thiocarbonyl (C=S) groups is 1. The topological polar surface area (TPSA) is 69.6 Å². The highest BCUT2D eigenvalue weighted by Crippen LogP contribution is 2.34. The maximum Gasteiger partial charge on any atom is 0.266 e. The molecule has 1 aromatic carbocycles. The van der Waals surface area contributed by atoms with E-state index < -0.39 is 12.1 Å². The standard InChI is InChI=1S/C20H20N2O3S3/c1-13(18(24)21-15(12-23)10-14-6-3-2-4-7-14)22-19(25)17(28-20(22)26)11-16-8-5-9-27-16/h2-9,11,13,15,23H,10,12H2,1H3,(H,21,24)/b17-11-/t13-,15-/m0/s1. The van der Waals surface area contributed by atoms with Gasteiger partial charge < -0.3 is 10.4 Å². The predicted octanol–water partition coefficient (Wildman–Crippen LogP) is 3.06. The molecule has 2 heterocycles. The monoisotopic (exact) mass is 432 g/mol. The fourth-order valence-electron chi connectivity index (χ4n) is 2.82. The van der Waals surface area contributed by atoms with E-state index in [0.717, 1.165) is 10.4 Å². The first-order valence-electron chi connectivity index (χ1n) is 8.75.